The molecule has 1 aromatic carbocycles. The lowest BCUT2D eigenvalue weighted by atomic mass is 9.88. The third-order valence-corrected chi connectivity index (χ3v) is 5.81. The minimum atomic E-state index is -0.397. The summed E-state index contributed by atoms with van der Waals surface area (Å²) in [5.74, 6) is -0.363. The van der Waals surface area contributed by atoms with Crippen LogP contribution in [0.25, 0.3) is 0 Å². The van der Waals surface area contributed by atoms with Crippen LogP contribution in [-0.4, -0.2) is 22.7 Å². The topological polar surface area (TPSA) is 32.3 Å². The van der Waals surface area contributed by atoms with Crippen LogP contribution < -0.4 is 5.32 Å². The molecule has 1 aliphatic rings. The van der Waals surface area contributed by atoms with Crippen molar-refractivity contribution in [2.75, 3.05) is 12.8 Å². The van der Waals surface area contributed by atoms with Crippen molar-refractivity contribution in [3.05, 3.63) is 29.6 Å². The van der Waals surface area contributed by atoms with E-state index >= 15 is 0 Å². The van der Waals surface area contributed by atoms with E-state index in [9.17, 15) is 9.50 Å². The average molecular weight is 297 g/mol. The Morgan fingerprint density at radius 3 is 2.65 bits per heavy atom. The van der Waals surface area contributed by atoms with Crippen molar-refractivity contribution >= 4 is 11.8 Å². The molecule has 112 valence electrons. The Bertz CT molecular complexity index is 446. The summed E-state index contributed by atoms with van der Waals surface area (Å²) in [5.41, 5.74) is 0.762. The van der Waals surface area contributed by atoms with Gasteiger partial charge in [-0.3, -0.25) is 0 Å². The number of rotatable bonds is 5. The van der Waals surface area contributed by atoms with Crippen LogP contribution in [0, 0.1) is 5.82 Å². The van der Waals surface area contributed by atoms with E-state index in [1.54, 1.807) is 6.07 Å². The molecule has 1 unspecified atom stereocenters. The van der Waals surface area contributed by atoms with Gasteiger partial charge in [0, 0.05) is 29.0 Å². The summed E-state index contributed by atoms with van der Waals surface area (Å²) < 4.78 is 13.3. The van der Waals surface area contributed by atoms with E-state index in [4.69, 9.17) is 0 Å². The molecule has 0 radical (unpaired) electrons. The van der Waals surface area contributed by atoms with Gasteiger partial charge in [-0.1, -0.05) is 25.3 Å². The zero-order valence-corrected chi connectivity index (χ0v) is 13.1. The van der Waals surface area contributed by atoms with Gasteiger partial charge >= 0.3 is 0 Å². The molecule has 1 aromatic rings. The lowest BCUT2D eigenvalue weighted by Gasteiger charge is -2.37. The van der Waals surface area contributed by atoms with Crippen LogP contribution >= 0.6 is 11.8 Å². The molecule has 1 saturated carbocycles. The Kier molecular flexibility index (Phi) is 5.33. The van der Waals surface area contributed by atoms with Crippen LogP contribution in [0.2, 0.25) is 0 Å². The average Bonchev–Trinajstić information content (AvgIpc) is 2.46. The van der Waals surface area contributed by atoms with Gasteiger partial charge in [0.25, 0.3) is 0 Å². The summed E-state index contributed by atoms with van der Waals surface area (Å²) in [7, 11) is 0. The van der Waals surface area contributed by atoms with Crippen LogP contribution in [0.3, 0.4) is 0 Å². The van der Waals surface area contributed by atoms with Gasteiger partial charge in [0.1, 0.15) is 11.6 Å². The summed E-state index contributed by atoms with van der Waals surface area (Å²) in [6.07, 6.45) is 8.65. The van der Waals surface area contributed by atoms with Gasteiger partial charge in [-0.2, -0.15) is 11.8 Å². The number of nitrogens with one attached hydrogen (secondary N) is 1. The second-order valence-corrected chi connectivity index (χ2v) is 7.03. The summed E-state index contributed by atoms with van der Waals surface area (Å²) in [4.78, 5) is 0. The highest BCUT2D eigenvalue weighted by molar-refractivity contribution is 8.00. The van der Waals surface area contributed by atoms with Crippen LogP contribution in [-0.2, 0) is 0 Å². The lowest BCUT2D eigenvalue weighted by molar-refractivity contribution is 0.364. The molecular formula is C16H24FNOS. The van der Waals surface area contributed by atoms with E-state index in [-0.39, 0.29) is 11.8 Å². The molecule has 4 heteroatoms. The Hall–Kier alpha value is -0.740. The van der Waals surface area contributed by atoms with Crippen molar-refractivity contribution in [1.82, 2.24) is 5.32 Å². The van der Waals surface area contributed by atoms with Crippen LogP contribution in [0.5, 0.6) is 5.75 Å². The molecule has 0 saturated heterocycles. The van der Waals surface area contributed by atoms with Gasteiger partial charge in [0.15, 0.2) is 0 Å². The summed E-state index contributed by atoms with van der Waals surface area (Å²) in [6.45, 7) is 2.95. The molecule has 1 aliphatic carbocycles. The Balaban J connectivity index is 1.98. The van der Waals surface area contributed by atoms with Gasteiger partial charge in [-0.15, -0.1) is 0 Å². The molecule has 20 heavy (non-hydrogen) atoms. The third-order valence-electron chi connectivity index (χ3n) is 4.39. The molecule has 2 nitrogen and oxygen atoms in total. The highest BCUT2D eigenvalue weighted by atomic mass is 32.2. The van der Waals surface area contributed by atoms with Crippen molar-refractivity contribution in [3.63, 3.8) is 0 Å². The SMILES string of the molecule is CSC1(CNC(C)c2ccc(F)cc2O)CCCCC1. The molecule has 1 fully saturated rings. The van der Waals surface area contributed by atoms with Crippen LogP contribution in [0.1, 0.15) is 50.6 Å². The fourth-order valence-electron chi connectivity index (χ4n) is 2.98. The maximum absolute atomic E-state index is 13.0. The van der Waals surface area contributed by atoms with Crippen LogP contribution in [0.15, 0.2) is 18.2 Å². The quantitative estimate of drug-likeness (QED) is 0.852. The first-order valence-corrected chi connectivity index (χ1v) is 8.56. The molecule has 0 bridgehead atoms. The first kappa shape index (κ1) is 15.6. The first-order valence-electron chi connectivity index (χ1n) is 7.33. The number of benzene rings is 1. The Morgan fingerprint density at radius 2 is 2.05 bits per heavy atom. The van der Waals surface area contributed by atoms with Crippen molar-refractivity contribution in [2.24, 2.45) is 0 Å². The smallest absolute Gasteiger partial charge is 0.126 e. The summed E-state index contributed by atoms with van der Waals surface area (Å²) in [5, 5.41) is 13.4. The number of phenolic OH excluding ortho intramolecular Hbond substituents is 1. The minimum Gasteiger partial charge on any atom is -0.508 e. The predicted molar refractivity (Wildman–Crippen MR) is 83.8 cm³/mol. The van der Waals surface area contributed by atoms with Gasteiger partial charge in [-0.25, -0.2) is 4.39 Å². The zero-order valence-electron chi connectivity index (χ0n) is 12.3. The molecule has 1 atom stereocenters. The molecule has 0 aromatic heterocycles. The fraction of sp³-hybridized carbons (Fsp3) is 0.625. The zero-order chi connectivity index (χ0) is 14.6. The van der Waals surface area contributed by atoms with Crippen LogP contribution in [0.4, 0.5) is 4.39 Å². The molecule has 0 aliphatic heterocycles. The van der Waals surface area contributed by atoms with E-state index in [1.165, 1.54) is 44.2 Å². The van der Waals surface area contributed by atoms with Crippen molar-refractivity contribution in [2.45, 2.75) is 49.8 Å². The van der Waals surface area contributed by atoms with Crippen molar-refractivity contribution in [3.8, 4) is 5.75 Å². The molecule has 2 N–H and O–H groups in total. The number of hydrogen-bond donors (Lipinski definition) is 2. The summed E-state index contributed by atoms with van der Waals surface area (Å²) in [6, 6.07) is 4.27. The van der Waals surface area contributed by atoms with Crippen molar-refractivity contribution in [1.29, 1.82) is 0 Å². The highest BCUT2D eigenvalue weighted by Crippen LogP contribution is 2.38. The van der Waals surface area contributed by atoms with E-state index in [0.29, 0.717) is 4.75 Å². The van der Waals surface area contributed by atoms with E-state index in [1.807, 2.05) is 18.7 Å². The fourth-order valence-corrected chi connectivity index (χ4v) is 3.91. The molecule has 0 heterocycles. The number of phenols is 1. The van der Waals surface area contributed by atoms with E-state index < -0.39 is 5.82 Å². The molecular weight excluding hydrogens is 273 g/mol. The van der Waals surface area contributed by atoms with E-state index in [0.717, 1.165) is 12.1 Å². The normalized spacial score (nSPS) is 19.8. The van der Waals surface area contributed by atoms with Crippen molar-refractivity contribution < 1.29 is 9.50 Å². The maximum atomic E-state index is 13.0. The van der Waals surface area contributed by atoms with Gasteiger partial charge in [0.2, 0.25) is 0 Å². The third kappa shape index (κ3) is 3.67. The second-order valence-electron chi connectivity index (χ2n) is 5.75. The first-order chi connectivity index (χ1) is 9.56. The largest absolute Gasteiger partial charge is 0.508 e. The number of aromatic hydroxyl groups is 1. The molecule has 0 amide bonds. The summed E-state index contributed by atoms with van der Waals surface area (Å²) >= 11 is 1.95. The standard InChI is InChI=1S/C16H24FNOS/c1-12(14-7-6-13(17)10-15(14)19)18-11-16(20-2)8-4-3-5-9-16/h6-7,10,12,18-19H,3-5,8-9,11H2,1-2H3. The number of thioether (sulfide) groups is 1. The number of halogens is 1. The van der Waals surface area contributed by atoms with Gasteiger partial charge in [0.05, 0.1) is 0 Å². The Morgan fingerprint density at radius 1 is 1.35 bits per heavy atom. The molecule has 0 spiro atoms. The second kappa shape index (κ2) is 6.81. The predicted octanol–water partition coefficient (Wildman–Crippen LogP) is 4.25. The molecule has 2 rings (SSSR count). The Labute approximate surface area is 125 Å². The van der Waals surface area contributed by atoms with E-state index in [2.05, 4.69) is 11.6 Å². The highest BCUT2D eigenvalue weighted by Gasteiger charge is 2.31. The lowest BCUT2D eigenvalue weighted by Crippen LogP contribution is -2.40. The number of hydrogen-bond acceptors (Lipinski definition) is 3. The van der Waals surface area contributed by atoms with Gasteiger partial charge in [-0.05, 0) is 32.1 Å². The minimum absolute atomic E-state index is 0.0292. The van der Waals surface area contributed by atoms with Gasteiger partial charge < -0.3 is 10.4 Å². The monoisotopic (exact) mass is 297 g/mol. The maximum Gasteiger partial charge on any atom is 0.126 e.